The fourth-order valence-corrected chi connectivity index (χ4v) is 3.07. The Morgan fingerprint density at radius 1 is 1.32 bits per heavy atom. The third-order valence-corrected chi connectivity index (χ3v) is 4.01. The number of carbonyl (C=O) groups is 3. The van der Waals surface area contributed by atoms with E-state index < -0.39 is 69.9 Å². The van der Waals surface area contributed by atoms with Gasteiger partial charge in [-0.15, -0.1) is 0 Å². The van der Waals surface area contributed by atoms with E-state index in [2.05, 4.69) is 5.32 Å². The highest BCUT2D eigenvalue weighted by Crippen LogP contribution is 2.63. The van der Waals surface area contributed by atoms with Crippen molar-refractivity contribution in [2.75, 3.05) is 6.26 Å². The molecule has 0 bridgehead atoms. The first-order valence-electron chi connectivity index (χ1n) is 6.82. The van der Waals surface area contributed by atoms with Crippen molar-refractivity contribution in [1.82, 2.24) is 5.32 Å². The molecule has 2 aliphatic rings. The first-order chi connectivity index (χ1) is 10.7. The van der Waals surface area contributed by atoms with Crippen LogP contribution in [0, 0.1) is 17.8 Å². The van der Waals surface area contributed by atoms with Gasteiger partial charge in [-0.2, -0.15) is 8.42 Å². The fourth-order valence-electron chi connectivity index (χ4n) is 3.07. The summed E-state index contributed by atoms with van der Waals surface area (Å²) in [6.07, 6.45) is -1.25. The zero-order chi connectivity index (χ0) is 19.0. The van der Waals surface area contributed by atoms with Crippen LogP contribution in [-0.2, 0) is 24.5 Å². The standard InChI is InChI=1S/C11H15FN2O5.CH4O3S.H2O/c1-3(13)8(15)14-11(10(18)19)2-4(12)5-6(7(5)11)9(16)17;1-5(2,3)4;/h3-7H,2,13H2,1H3,(H,14,15)(H,16,17)(H,18,19);1H3,(H,2,3,4);1H2/t3-,4+,5-,6-,7-,11-;;/m0../s1. The molecule has 2 fully saturated rings. The summed E-state index contributed by atoms with van der Waals surface area (Å²) in [6.45, 7) is 1.37. The summed E-state index contributed by atoms with van der Waals surface area (Å²) in [5, 5.41) is 20.5. The summed E-state index contributed by atoms with van der Waals surface area (Å²) in [7, 11) is -3.67. The Labute approximate surface area is 142 Å². The molecule has 2 rings (SSSR count). The van der Waals surface area contributed by atoms with Crippen molar-refractivity contribution in [1.29, 1.82) is 0 Å². The van der Waals surface area contributed by atoms with Crippen molar-refractivity contribution in [3.63, 3.8) is 0 Å². The predicted molar refractivity (Wildman–Crippen MR) is 80.9 cm³/mol. The molecule has 11 nitrogen and oxygen atoms in total. The SMILES string of the molecule is CS(=O)(=O)O.C[C@H](N)C(=O)N[C@@]1(C(=O)O)C[C@@H](F)[C@H]2[C@H](C(=O)O)[C@H]21.O. The van der Waals surface area contributed by atoms with Gasteiger partial charge in [0.1, 0.15) is 11.7 Å². The molecule has 2 saturated carbocycles. The monoisotopic (exact) mass is 388 g/mol. The number of nitrogens with two attached hydrogens (primary N) is 1. The number of amides is 1. The molecule has 1 amide bonds. The Morgan fingerprint density at radius 3 is 2.04 bits per heavy atom. The smallest absolute Gasteiger partial charge is 0.329 e. The maximum Gasteiger partial charge on any atom is 0.329 e. The minimum Gasteiger partial charge on any atom is -0.481 e. The Morgan fingerprint density at radius 2 is 1.76 bits per heavy atom. The van der Waals surface area contributed by atoms with Gasteiger partial charge in [-0.05, 0) is 6.92 Å². The summed E-state index contributed by atoms with van der Waals surface area (Å²) in [4.78, 5) is 34.0. The number of nitrogens with one attached hydrogen (secondary N) is 1. The molecule has 0 aromatic rings. The summed E-state index contributed by atoms with van der Waals surface area (Å²) in [5.41, 5.74) is 3.48. The Hall–Kier alpha value is -1.83. The van der Waals surface area contributed by atoms with Crippen LogP contribution in [-0.4, -0.2) is 70.5 Å². The number of hydrogen-bond donors (Lipinski definition) is 5. The van der Waals surface area contributed by atoms with Gasteiger partial charge in [-0.3, -0.25) is 14.1 Å². The van der Waals surface area contributed by atoms with Crippen molar-refractivity contribution in [3.8, 4) is 0 Å². The van der Waals surface area contributed by atoms with E-state index in [-0.39, 0.29) is 5.48 Å². The lowest BCUT2D eigenvalue weighted by Gasteiger charge is -2.29. The topological polar surface area (TPSA) is 216 Å². The van der Waals surface area contributed by atoms with Crippen LogP contribution in [0.15, 0.2) is 0 Å². The van der Waals surface area contributed by atoms with Gasteiger partial charge >= 0.3 is 11.9 Å². The van der Waals surface area contributed by atoms with Crippen molar-refractivity contribution in [3.05, 3.63) is 0 Å². The van der Waals surface area contributed by atoms with Gasteiger partial charge in [0.15, 0.2) is 0 Å². The second-order valence-corrected chi connectivity index (χ2v) is 7.44. The van der Waals surface area contributed by atoms with Crippen LogP contribution >= 0.6 is 0 Å². The number of alkyl halides is 1. The molecule has 0 saturated heterocycles. The van der Waals surface area contributed by atoms with Crippen molar-refractivity contribution < 1.29 is 47.4 Å². The van der Waals surface area contributed by atoms with Gasteiger partial charge in [-0.25, -0.2) is 9.18 Å². The third-order valence-electron chi connectivity index (χ3n) is 4.01. The van der Waals surface area contributed by atoms with Crippen LogP contribution in [0.5, 0.6) is 0 Å². The molecular formula is C12H21FN2O9S. The van der Waals surface area contributed by atoms with Crippen molar-refractivity contribution in [2.24, 2.45) is 23.5 Å². The lowest BCUT2D eigenvalue weighted by Crippen LogP contribution is -2.59. The van der Waals surface area contributed by atoms with Gasteiger partial charge in [0, 0.05) is 18.3 Å². The van der Waals surface area contributed by atoms with E-state index in [0.29, 0.717) is 6.26 Å². The molecular weight excluding hydrogens is 367 g/mol. The largest absolute Gasteiger partial charge is 0.481 e. The van der Waals surface area contributed by atoms with Crippen LogP contribution in [0.25, 0.3) is 0 Å². The molecule has 6 atom stereocenters. The third kappa shape index (κ3) is 5.07. The van der Waals surface area contributed by atoms with Crippen molar-refractivity contribution in [2.45, 2.75) is 31.1 Å². The molecule has 0 radical (unpaired) electrons. The molecule has 0 spiro atoms. The maximum absolute atomic E-state index is 13.8. The van der Waals surface area contributed by atoms with Gasteiger partial charge < -0.3 is 26.7 Å². The summed E-state index contributed by atoms with van der Waals surface area (Å²) >= 11 is 0. The molecule has 0 unspecified atom stereocenters. The Kier molecular flexibility index (Phi) is 7.04. The first kappa shape index (κ1) is 23.2. The van der Waals surface area contributed by atoms with Crippen LogP contribution < -0.4 is 11.1 Å². The highest BCUT2D eigenvalue weighted by molar-refractivity contribution is 7.85. The molecule has 0 heterocycles. The van der Waals surface area contributed by atoms with Crippen LogP contribution in [0.2, 0.25) is 0 Å². The molecule has 0 aromatic heterocycles. The Bertz CT molecular complexity index is 645. The maximum atomic E-state index is 13.8. The second-order valence-electron chi connectivity index (χ2n) is 5.97. The molecule has 8 N–H and O–H groups in total. The van der Waals surface area contributed by atoms with E-state index in [1.807, 2.05) is 0 Å². The zero-order valence-electron chi connectivity index (χ0n) is 13.3. The molecule has 146 valence electrons. The van der Waals surface area contributed by atoms with E-state index in [9.17, 15) is 32.3 Å². The molecule has 25 heavy (non-hydrogen) atoms. The summed E-state index contributed by atoms with van der Waals surface area (Å²) in [5.74, 6) is -6.21. The number of carbonyl (C=O) groups excluding carboxylic acids is 1. The second kappa shape index (κ2) is 7.59. The predicted octanol–water partition coefficient (Wildman–Crippen LogP) is -2.36. The number of carboxylic acids is 2. The van der Waals surface area contributed by atoms with Crippen LogP contribution in [0.4, 0.5) is 4.39 Å². The first-order valence-corrected chi connectivity index (χ1v) is 8.67. The zero-order valence-corrected chi connectivity index (χ0v) is 14.2. The minimum atomic E-state index is -3.67. The van der Waals surface area contributed by atoms with Gasteiger partial charge in [0.05, 0.1) is 18.2 Å². The number of carboxylic acid groups (broad SMARTS) is 2. The van der Waals surface area contributed by atoms with E-state index in [1.54, 1.807) is 0 Å². The van der Waals surface area contributed by atoms with Crippen LogP contribution in [0.1, 0.15) is 13.3 Å². The molecule has 2 aliphatic carbocycles. The highest BCUT2D eigenvalue weighted by atomic mass is 32.2. The van der Waals surface area contributed by atoms with Gasteiger partial charge in [-0.1, -0.05) is 0 Å². The molecule has 0 aliphatic heterocycles. The van der Waals surface area contributed by atoms with Crippen LogP contribution in [0.3, 0.4) is 0 Å². The molecule has 0 aromatic carbocycles. The number of hydrogen-bond acceptors (Lipinski definition) is 6. The van der Waals surface area contributed by atoms with E-state index in [0.717, 1.165) is 0 Å². The van der Waals surface area contributed by atoms with Gasteiger partial charge in [0.25, 0.3) is 10.1 Å². The van der Waals surface area contributed by atoms with E-state index >= 15 is 0 Å². The quantitative estimate of drug-likeness (QED) is 0.325. The number of rotatable bonds is 4. The van der Waals surface area contributed by atoms with Gasteiger partial charge in [0.2, 0.25) is 5.91 Å². The summed E-state index contributed by atoms with van der Waals surface area (Å²) < 4.78 is 39.6. The summed E-state index contributed by atoms with van der Waals surface area (Å²) in [6, 6.07) is -0.949. The lowest BCUT2D eigenvalue weighted by molar-refractivity contribution is -0.150. The van der Waals surface area contributed by atoms with E-state index in [1.165, 1.54) is 6.92 Å². The highest BCUT2D eigenvalue weighted by Gasteiger charge is 2.76. The molecule has 13 heteroatoms. The fraction of sp³-hybridized carbons (Fsp3) is 0.750. The minimum absolute atomic E-state index is 0. The number of aliphatic carboxylic acids is 2. The normalized spacial score (nSPS) is 33.6. The average Bonchev–Trinajstić information content (AvgIpc) is 3.04. The lowest BCUT2D eigenvalue weighted by atomic mass is 9.89. The number of fused-ring (bicyclic) bond motifs is 1. The average molecular weight is 388 g/mol. The Balaban J connectivity index is 0.000000848. The number of halogens is 1. The van der Waals surface area contributed by atoms with Crippen molar-refractivity contribution >= 4 is 28.0 Å². The van der Waals surface area contributed by atoms with E-state index in [4.69, 9.17) is 15.4 Å².